The average molecular weight is 441 g/mol. The zero-order chi connectivity index (χ0) is 23.3. The van der Waals surface area contributed by atoms with Crippen molar-refractivity contribution in [2.24, 2.45) is 5.92 Å². The lowest BCUT2D eigenvalue weighted by Crippen LogP contribution is -2.28. The van der Waals surface area contributed by atoms with Crippen LogP contribution >= 0.6 is 0 Å². The SMILES string of the molecule is COc1ccccc1OCCN(C)CCCC(Oc1ccc(CC#N)cc1OC)C(C)C. The smallest absolute Gasteiger partial charge is 0.161 e. The van der Waals surface area contributed by atoms with Gasteiger partial charge >= 0.3 is 0 Å². The van der Waals surface area contributed by atoms with Gasteiger partial charge in [0.1, 0.15) is 12.7 Å². The van der Waals surface area contributed by atoms with Crippen molar-refractivity contribution in [1.29, 1.82) is 5.26 Å². The predicted octanol–water partition coefficient (Wildman–Crippen LogP) is 4.96. The maximum Gasteiger partial charge on any atom is 0.161 e. The Labute approximate surface area is 192 Å². The second-order valence-corrected chi connectivity index (χ2v) is 8.17. The second kappa shape index (κ2) is 13.5. The molecule has 0 aromatic heterocycles. The number of hydrogen-bond donors (Lipinski definition) is 0. The summed E-state index contributed by atoms with van der Waals surface area (Å²) in [7, 11) is 5.39. The van der Waals surface area contributed by atoms with E-state index in [1.807, 2.05) is 42.5 Å². The summed E-state index contributed by atoms with van der Waals surface area (Å²) in [6.45, 7) is 6.74. The number of benzene rings is 2. The minimum absolute atomic E-state index is 0.0870. The third kappa shape index (κ3) is 7.97. The van der Waals surface area contributed by atoms with E-state index in [4.69, 9.17) is 24.2 Å². The van der Waals surface area contributed by atoms with Gasteiger partial charge in [-0.05, 0) is 62.2 Å². The molecule has 0 bridgehead atoms. The Kier molecular flexibility index (Phi) is 10.7. The molecule has 0 saturated carbocycles. The first-order chi connectivity index (χ1) is 15.5. The van der Waals surface area contributed by atoms with Gasteiger partial charge in [0.15, 0.2) is 23.0 Å². The van der Waals surface area contributed by atoms with Gasteiger partial charge in [0, 0.05) is 6.54 Å². The van der Waals surface area contributed by atoms with Crippen LogP contribution in [0.15, 0.2) is 42.5 Å². The molecule has 2 aromatic carbocycles. The minimum atomic E-state index is 0.0870. The van der Waals surface area contributed by atoms with Crippen molar-refractivity contribution in [3.05, 3.63) is 48.0 Å². The normalized spacial score (nSPS) is 11.8. The van der Waals surface area contributed by atoms with Crippen molar-refractivity contribution in [3.8, 4) is 29.1 Å². The summed E-state index contributed by atoms with van der Waals surface area (Å²) in [6, 6.07) is 15.6. The van der Waals surface area contributed by atoms with E-state index < -0.39 is 0 Å². The number of likely N-dealkylation sites (N-methyl/N-ethyl adjacent to an activating group) is 1. The van der Waals surface area contributed by atoms with Crippen LogP contribution in [0.4, 0.5) is 0 Å². The van der Waals surface area contributed by atoms with E-state index in [9.17, 15) is 0 Å². The lowest BCUT2D eigenvalue weighted by Gasteiger charge is -2.25. The Hall–Kier alpha value is -2.91. The van der Waals surface area contributed by atoms with Crippen LogP contribution in [0, 0.1) is 17.2 Å². The molecule has 0 fully saturated rings. The van der Waals surface area contributed by atoms with Gasteiger partial charge in [-0.15, -0.1) is 0 Å². The van der Waals surface area contributed by atoms with Crippen molar-refractivity contribution < 1.29 is 18.9 Å². The Balaban J connectivity index is 1.81. The van der Waals surface area contributed by atoms with Gasteiger partial charge in [-0.3, -0.25) is 0 Å². The van der Waals surface area contributed by atoms with E-state index in [-0.39, 0.29) is 6.10 Å². The zero-order valence-electron chi connectivity index (χ0n) is 20.0. The molecule has 6 heteroatoms. The van der Waals surface area contributed by atoms with Crippen LogP contribution in [0.5, 0.6) is 23.0 Å². The molecule has 174 valence electrons. The molecule has 1 atom stereocenters. The van der Waals surface area contributed by atoms with Crippen molar-refractivity contribution in [2.75, 3.05) is 41.0 Å². The molecule has 2 rings (SSSR count). The minimum Gasteiger partial charge on any atom is -0.493 e. The highest BCUT2D eigenvalue weighted by Gasteiger charge is 2.18. The fraction of sp³-hybridized carbons (Fsp3) is 0.500. The van der Waals surface area contributed by atoms with Crippen LogP contribution in [0.25, 0.3) is 0 Å². The predicted molar refractivity (Wildman–Crippen MR) is 127 cm³/mol. The summed E-state index contributed by atoms with van der Waals surface area (Å²) >= 11 is 0. The van der Waals surface area contributed by atoms with E-state index in [1.54, 1.807) is 14.2 Å². The third-order valence-corrected chi connectivity index (χ3v) is 5.36. The molecule has 0 N–H and O–H groups in total. The van der Waals surface area contributed by atoms with Gasteiger partial charge in [-0.25, -0.2) is 0 Å². The third-order valence-electron chi connectivity index (χ3n) is 5.36. The summed E-state index contributed by atoms with van der Waals surface area (Å²) in [4.78, 5) is 2.27. The van der Waals surface area contributed by atoms with E-state index in [0.29, 0.717) is 24.7 Å². The molecule has 0 aliphatic rings. The van der Waals surface area contributed by atoms with Crippen LogP contribution < -0.4 is 18.9 Å². The van der Waals surface area contributed by atoms with E-state index in [1.165, 1.54) is 0 Å². The molecule has 1 unspecified atom stereocenters. The van der Waals surface area contributed by atoms with Gasteiger partial charge in [0.2, 0.25) is 0 Å². The van der Waals surface area contributed by atoms with Gasteiger partial charge in [-0.2, -0.15) is 5.26 Å². The number of rotatable bonds is 14. The number of para-hydroxylation sites is 2. The number of nitrogens with zero attached hydrogens (tertiary/aromatic N) is 2. The average Bonchev–Trinajstić information content (AvgIpc) is 2.79. The van der Waals surface area contributed by atoms with Crippen LogP contribution in [0.2, 0.25) is 0 Å². The standard InChI is InChI=1S/C26H36N2O4/c1-20(2)22(32-25-13-12-21(14-15-27)19-26(25)30-5)11-8-16-28(3)17-18-31-24-10-7-6-9-23(24)29-4/h6-7,9-10,12-13,19-20,22H,8,11,14,16-18H2,1-5H3. The summed E-state index contributed by atoms with van der Waals surface area (Å²) in [5.41, 5.74) is 0.926. The number of nitriles is 1. The van der Waals surface area contributed by atoms with E-state index in [2.05, 4.69) is 31.9 Å². The molecule has 0 saturated heterocycles. The topological polar surface area (TPSA) is 64.0 Å². The van der Waals surface area contributed by atoms with E-state index in [0.717, 1.165) is 48.7 Å². The molecule has 32 heavy (non-hydrogen) atoms. The first-order valence-electron chi connectivity index (χ1n) is 11.1. The molecule has 0 amide bonds. The highest BCUT2D eigenvalue weighted by atomic mass is 16.5. The van der Waals surface area contributed by atoms with Crippen molar-refractivity contribution in [2.45, 2.75) is 39.2 Å². The van der Waals surface area contributed by atoms with Gasteiger partial charge in [0.05, 0.1) is 26.7 Å². The molecule has 2 aromatic rings. The largest absolute Gasteiger partial charge is 0.493 e. The number of methoxy groups -OCH3 is 2. The van der Waals surface area contributed by atoms with Crippen molar-refractivity contribution in [1.82, 2.24) is 4.90 Å². The highest BCUT2D eigenvalue weighted by molar-refractivity contribution is 5.43. The Morgan fingerprint density at radius 3 is 2.31 bits per heavy atom. The van der Waals surface area contributed by atoms with Crippen LogP contribution in [-0.4, -0.2) is 52.0 Å². The highest BCUT2D eigenvalue weighted by Crippen LogP contribution is 2.31. The number of hydrogen-bond acceptors (Lipinski definition) is 6. The van der Waals surface area contributed by atoms with Gasteiger partial charge in [-0.1, -0.05) is 32.0 Å². The van der Waals surface area contributed by atoms with Crippen molar-refractivity contribution >= 4 is 0 Å². The van der Waals surface area contributed by atoms with Gasteiger partial charge < -0.3 is 23.8 Å². The quantitative estimate of drug-likeness (QED) is 0.414. The maximum absolute atomic E-state index is 8.91. The Morgan fingerprint density at radius 2 is 1.66 bits per heavy atom. The van der Waals surface area contributed by atoms with Gasteiger partial charge in [0.25, 0.3) is 0 Å². The van der Waals surface area contributed by atoms with Crippen molar-refractivity contribution in [3.63, 3.8) is 0 Å². The maximum atomic E-state index is 8.91. The van der Waals surface area contributed by atoms with Crippen LogP contribution in [0.3, 0.4) is 0 Å². The summed E-state index contributed by atoms with van der Waals surface area (Å²) in [5, 5.41) is 8.91. The molecular formula is C26H36N2O4. The summed E-state index contributed by atoms with van der Waals surface area (Å²) in [5.74, 6) is 3.30. The van der Waals surface area contributed by atoms with Crippen LogP contribution in [0.1, 0.15) is 32.3 Å². The second-order valence-electron chi connectivity index (χ2n) is 8.17. The molecule has 0 aliphatic heterocycles. The first kappa shape index (κ1) is 25.4. The molecule has 0 radical (unpaired) electrons. The first-order valence-corrected chi connectivity index (χ1v) is 11.1. The molecule has 0 aliphatic carbocycles. The fourth-order valence-corrected chi connectivity index (χ4v) is 3.43. The number of ether oxygens (including phenoxy) is 4. The Morgan fingerprint density at radius 1 is 0.938 bits per heavy atom. The molecule has 6 nitrogen and oxygen atoms in total. The zero-order valence-corrected chi connectivity index (χ0v) is 20.0. The summed E-state index contributed by atoms with van der Waals surface area (Å²) in [6.07, 6.45) is 2.41. The lowest BCUT2D eigenvalue weighted by molar-refractivity contribution is 0.129. The Bertz CT molecular complexity index is 863. The summed E-state index contributed by atoms with van der Waals surface area (Å²) < 4.78 is 23.0. The van der Waals surface area contributed by atoms with E-state index >= 15 is 0 Å². The molecular weight excluding hydrogens is 404 g/mol. The lowest BCUT2D eigenvalue weighted by atomic mass is 10.0. The van der Waals surface area contributed by atoms with Crippen LogP contribution in [-0.2, 0) is 6.42 Å². The fourth-order valence-electron chi connectivity index (χ4n) is 3.43. The molecule has 0 heterocycles. The monoisotopic (exact) mass is 440 g/mol. The molecule has 0 spiro atoms.